The summed E-state index contributed by atoms with van der Waals surface area (Å²) >= 11 is 1.17. The lowest BCUT2D eigenvalue weighted by Gasteiger charge is -2.27. The van der Waals surface area contributed by atoms with E-state index in [2.05, 4.69) is 0 Å². The van der Waals surface area contributed by atoms with Crippen LogP contribution in [0.25, 0.3) is 11.1 Å². The Morgan fingerprint density at radius 1 is 0.844 bits per heavy atom. The van der Waals surface area contributed by atoms with Gasteiger partial charge in [-0.1, -0.05) is 75.0 Å². The fraction of sp³-hybridized carbons (Fsp3) is 0.269. The highest BCUT2D eigenvalue weighted by molar-refractivity contribution is 8.14. The van der Waals surface area contributed by atoms with Crippen molar-refractivity contribution < 1.29 is 22.4 Å². The normalized spacial score (nSPS) is 12.3. The number of rotatable bonds is 6. The average molecular weight is 461 g/mol. The smallest absolute Gasteiger partial charge is 0.219 e. The van der Waals surface area contributed by atoms with E-state index in [1.807, 2.05) is 6.92 Å². The first-order valence-electron chi connectivity index (χ1n) is 10.4. The number of halogens is 4. The molecule has 0 amide bonds. The molecule has 0 N–H and O–H groups in total. The second kappa shape index (κ2) is 9.90. The van der Waals surface area contributed by atoms with Crippen LogP contribution in [-0.2, 0) is 0 Å². The van der Waals surface area contributed by atoms with E-state index < -0.39 is 40.3 Å². The first kappa shape index (κ1) is 24.1. The molecule has 32 heavy (non-hydrogen) atoms. The number of hydrogen-bond acceptors (Lipinski definition) is 2. The van der Waals surface area contributed by atoms with Gasteiger partial charge in [-0.15, -0.1) is 0 Å². The van der Waals surface area contributed by atoms with Crippen LogP contribution in [0.3, 0.4) is 0 Å². The van der Waals surface area contributed by atoms with Crippen molar-refractivity contribution in [3.05, 3.63) is 94.1 Å². The van der Waals surface area contributed by atoms with Crippen molar-refractivity contribution in [1.29, 1.82) is 0 Å². The number of thioether (sulfide) groups is 1. The van der Waals surface area contributed by atoms with Gasteiger partial charge in [0.2, 0.25) is 5.12 Å². The van der Waals surface area contributed by atoms with E-state index in [1.165, 1.54) is 11.8 Å². The summed E-state index contributed by atoms with van der Waals surface area (Å²) in [7, 11) is 0. The molecule has 1 unspecified atom stereocenters. The molecule has 3 aromatic carbocycles. The molecule has 0 saturated carbocycles. The third kappa shape index (κ3) is 4.33. The molecular formula is C26H24F4OS. The van der Waals surface area contributed by atoms with E-state index >= 15 is 4.39 Å². The Labute approximate surface area is 189 Å². The van der Waals surface area contributed by atoms with Crippen LogP contribution in [0.1, 0.15) is 53.7 Å². The summed E-state index contributed by atoms with van der Waals surface area (Å²) in [5.74, 6) is -6.47. The highest BCUT2D eigenvalue weighted by Crippen LogP contribution is 2.42. The van der Waals surface area contributed by atoms with E-state index in [-0.39, 0.29) is 11.0 Å². The van der Waals surface area contributed by atoms with Gasteiger partial charge in [0.15, 0.2) is 17.5 Å². The first-order chi connectivity index (χ1) is 15.2. The minimum absolute atomic E-state index is 0.111. The maximum absolute atomic E-state index is 15.1. The topological polar surface area (TPSA) is 17.1 Å². The SMILES string of the molecule is CCSC(=O)c1ccccc1-c1ccccc1C(c1c(F)c(C)c(F)c(F)c1F)C(C)C. The zero-order valence-electron chi connectivity index (χ0n) is 18.3. The molecule has 1 atom stereocenters. The van der Waals surface area contributed by atoms with Crippen LogP contribution < -0.4 is 0 Å². The Bertz CT molecular complexity index is 1130. The van der Waals surface area contributed by atoms with Crippen LogP contribution in [0.2, 0.25) is 0 Å². The van der Waals surface area contributed by atoms with Crippen molar-refractivity contribution in [3.63, 3.8) is 0 Å². The molecule has 6 heteroatoms. The minimum atomic E-state index is -1.68. The molecule has 3 aromatic rings. The first-order valence-corrected chi connectivity index (χ1v) is 11.4. The Morgan fingerprint density at radius 2 is 1.44 bits per heavy atom. The maximum atomic E-state index is 15.1. The summed E-state index contributed by atoms with van der Waals surface area (Å²) in [4.78, 5) is 12.7. The van der Waals surface area contributed by atoms with Gasteiger partial charge >= 0.3 is 0 Å². The third-order valence-electron chi connectivity index (χ3n) is 5.50. The summed E-state index contributed by atoms with van der Waals surface area (Å²) in [5.41, 5.74) is 1.20. The maximum Gasteiger partial charge on any atom is 0.219 e. The number of hydrogen-bond donors (Lipinski definition) is 0. The summed E-state index contributed by atoms with van der Waals surface area (Å²) in [6.07, 6.45) is 0. The highest BCUT2D eigenvalue weighted by atomic mass is 32.2. The van der Waals surface area contributed by atoms with Crippen LogP contribution >= 0.6 is 11.8 Å². The van der Waals surface area contributed by atoms with Crippen molar-refractivity contribution in [3.8, 4) is 11.1 Å². The second-order valence-corrected chi connectivity index (χ2v) is 9.11. The molecule has 0 aliphatic rings. The molecular weight excluding hydrogens is 436 g/mol. The van der Waals surface area contributed by atoms with Crippen LogP contribution in [0.15, 0.2) is 48.5 Å². The van der Waals surface area contributed by atoms with Gasteiger partial charge < -0.3 is 0 Å². The van der Waals surface area contributed by atoms with Crippen LogP contribution in [-0.4, -0.2) is 10.9 Å². The lowest BCUT2D eigenvalue weighted by Crippen LogP contribution is -2.17. The molecule has 3 rings (SSSR count). The molecule has 168 valence electrons. The summed E-state index contributed by atoms with van der Waals surface area (Å²) in [6, 6.07) is 14.0. The molecule has 1 nitrogen and oxygen atoms in total. The number of carbonyl (C=O) groups is 1. The molecule has 0 saturated heterocycles. The molecule has 0 heterocycles. The lowest BCUT2D eigenvalue weighted by molar-refractivity contribution is 0.108. The molecule has 0 aliphatic carbocycles. The van der Waals surface area contributed by atoms with Crippen molar-refractivity contribution in [1.82, 2.24) is 0 Å². The van der Waals surface area contributed by atoms with Crippen molar-refractivity contribution in [2.45, 2.75) is 33.6 Å². The van der Waals surface area contributed by atoms with Gasteiger partial charge in [0.1, 0.15) is 5.82 Å². The zero-order chi connectivity index (χ0) is 23.6. The van der Waals surface area contributed by atoms with Gasteiger partial charge in [-0.2, -0.15) is 0 Å². The third-order valence-corrected chi connectivity index (χ3v) is 6.27. The van der Waals surface area contributed by atoms with Gasteiger partial charge in [0.05, 0.1) is 0 Å². The summed E-state index contributed by atoms with van der Waals surface area (Å²) < 4.78 is 58.3. The molecule has 0 fully saturated rings. The van der Waals surface area contributed by atoms with E-state index in [9.17, 15) is 18.0 Å². The van der Waals surface area contributed by atoms with Gasteiger partial charge in [-0.3, -0.25) is 4.79 Å². The van der Waals surface area contributed by atoms with Gasteiger partial charge in [0, 0.05) is 22.6 Å². The van der Waals surface area contributed by atoms with Crippen LogP contribution in [0.5, 0.6) is 0 Å². The van der Waals surface area contributed by atoms with Crippen molar-refractivity contribution in [2.75, 3.05) is 5.75 Å². The average Bonchev–Trinajstić information content (AvgIpc) is 2.79. The quantitative estimate of drug-likeness (QED) is 0.211. The van der Waals surface area contributed by atoms with E-state index in [0.717, 1.165) is 6.92 Å². The van der Waals surface area contributed by atoms with Crippen LogP contribution in [0, 0.1) is 36.1 Å². The van der Waals surface area contributed by atoms with Crippen LogP contribution in [0.4, 0.5) is 17.6 Å². The van der Waals surface area contributed by atoms with Crippen molar-refractivity contribution in [2.24, 2.45) is 5.92 Å². The van der Waals surface area contributed by atoms with E-state index in [4.69, 9.17) is 0 Å². The molecule has 0 aromatic heterocycles. The standard InChI is InChI=1S/C26H24F4OS/c1-5-32-26(31)19-13-9-7-11-17(19)16-10-6-8-12-18(16)20(14(2)3)21-22(27)15(4)23(28)25(30)24(21)29/h6-14,20H,5H2,1-4H3. The molecule has 0 radical (unpaired) electrons. The number of carbonyl (C=O) groups excluding carboxylic acids is 1. The highest BCUT2D eigenvalue weighted by Gasteiger charge is 2.32. The largest absolute Gasteiger partial charge is 0.282 e. The minimum Gasteiger partial charge on any atom is -0.282 e. The van der Waals surface area contributed by atoms with E-state index in [0.29, 0.717) is 28.0 Å². The molecule has 0 bridgehead atoms. The Kier molecular flexibility index (Phi) is 7.44. The Balaban J connectivity index is 2.31. The Hall–Kier alpha value is -2.60. The zero-order valence-corrected chi connectivity index (χ0v) is 19.1. The summed E-state index contributed by atoms with van der Waals surface area (Å²) in [6.45, 7) is 6.50. The predicted octanol–water partition coefficient (Wildman–Crippen LogP) is 7.90. The summed E-state index contributed by atoms with van der Waals surface area (Å²) in [5, 5.41) is -0.111. The van der Waals surface area contributed by atoms with Gasteiger partial charge in [-0.05, 0) is 41.4 Å². The molecule has 0 spiro atoms. The monoisotopic (exact) mass is 460 g/mol. The van der Waals surface area contributed by atoms with Crippen molar-refractivity contribution >= 4 is 16.9 Å². The van der Waals surface area contributed by atoms with Gasteiger partial charge in [0.25, 0.3) is 0 Å². The lowest BCUT2D eigenvalue weighted by atomic mass is 9.78. The number of benzene rings is 3. The second-order valence-electron chi connectivity index (χ2n) is 7.87. The van der Waals surface area contributed by atoms with E-state index in [1.54, 1.807) is 62.4 Å². The Morgan fingerprint density at radius 3 is 2.06 bits per heavy atom. The molecule has 0 aliphatic heterocycles. The predicted molar refractivity (Wildman–Crippen MR) is 122 cm³/mol. The fourth-order valence-corrected chi connectivity index (χ4v) is 4.61. The fourth-order valence-electron chi connectivity index (χ4n) is 4.01. The van der Waals surface area contributed by atoms with Gasteiger partial charge in [-0.25, -0.2) is 17.6 Å².